The molecule has 6 nitrogen and oxygen atoms in total. The van der Waals surface area contributed by atoms with E-state index in [1.807, 2.05) is 27.7 Å². The van der Waals surface area contributed by atoms with E-state index in [0.29, 0.717) is 26.1 Å². The van der Waals surface area contributed by atoms with Crippen LogP contribution in [0.5, 0.6) is 0 Å². The molecule has 1 atom stereocenters. The van der Waals surface area contributed by atoms with Crippen LogP contribution in [-0.4, -0.2) is 54.8 Å². The molecule has 22 heavy (non-hydrogen) atoms. The van der Waals surface area contributed by atoms with Crippen LogP contribution in [0.2, 0.25) is 0 Å². The van der Waals surface area contributed by atoms with E-state index in [2.05, 4.69) is 5.32 Å². The minimum atomic E-state index is -0.391. The fourth-order valence-corrected chi connectivity index (χ4v) is 2.40. The molecule has 2 amide bonds. The average molecular weight is 314 g/mol. The first-order valence-corrected chi connectivity index (χ1v) is 8.28. The van der Waals surface area contributed by atoms with Gasteiger partial charge >= 0.3 is 6.09 Å². The van der Waals surface area contributed by atoms with Gasteiger partial charge in [-0.2, -0.15) is 0 Å². The molecule has 128 valence electrons. The van der Waals surface area contributed by atoms with E-state index in [9.17, 15) is 9.59 Å². The van der Waals surface area contributed by atoms with Crippen LogP contribution in [0.4, 0.5) is 4.79 Å². The minimum Gasteiger partial charge on any atom is -0.447 e. The molecular formula is C16H30N2O4. The number of hydrogen-bond acceptors (Lipinski definition) is 4. The Kier molecular flexibility index (Phi) is 8.24. The fraction of sp³-hybridized carbons (Fsp3) is 0.875. The SMILES string of the molecule is CC(C)OCCCCNC(=O)[C@@H]1CCCN1C(=O)OC(C)C. The lowest BCUT2D eigenvalue weighted by atomic mass is 10.2. The van der Waals surface area contributed by atoms with Crippen molar-refractivity contribution in [3.8, 4) is 0 Å². The molecule has 0 aromatic rings. The van der Waals surface area contributed by atoms with Crippen molar-refractivity contribution in [3.05, 3.63) is 0 Å². The molecule has 0 saturated carbocycles. The Hall–Kier alpha value is -1.30. The van der Waals surface area contributed by atoms with Crippen molar-refractivity contribution < 1.29 is 19.1 Å². The Morgan fingerprint density at radius 3 is 2.55 bits per heavy atom. The van der Waals surface area contributed by atoms with Gasteiger partial charge in [0.05, 0.1) is 12.2 Å². The largest absolute Gasteiger partial charge is 0.447 e. The second kappa shape index (κ2) is 9.66. The van der Waals surface area contributed by atoms with Crippen molar-refractivity contribution in [1.29, 1.82) is 0 Å². The molecule has 1 heterocycles. The quantitative estimate of drug-likeness (QED) is 0.698. The summed E-state index contributed by atoms with van der Waals surface area (Å²) in [7, 11) is 0. The molecule has 1 fully saturated rings. The van der Waals surface area contributed by atoms with E-state index in [1.54, 1.807) is 0 Å². The van der Waals surface area contributed by atoms with Crippen molar-refractivity contribution in [2.75, 3.05) is 19.7 Å². The summed E-state index contributed by atoms with van der Waals surface area (Å²) < 4.78 is 10.6. The van der Waals surface area contributed by atoms with Gasteiger partial charge in [0.15, 0.2) is 0 Å². The van der Waals surface area contributed by atoms with Gasteiger partial charge in [0.1, 0.15) is 6.04 Å². The molecule has 1 rings (SSSR count). The zero-order valence-corrected chi connectivity index (χ0v) is 14.3. The van der Waals surface area contributed by atoms with Crippen LogP contribution in [0, 0.1) is 0 Å². The predicted molar refractivity (Wildman–Crippen MR) is 84.7 cm³/mol. The summed E-state index contributed by atoms with van der Waals surface area (Å²) in [5, 5.41) is 2.91. The standard InChI is InChI=1S/C16H30N2O4/c1-12(2)21-11-6-5-9-17-15(19)14-8-7-10-18(14)16(20)22-13(3)4/h12-14H,5-11H2,1-4H3,(H,17,19)/t14-/m0/s1. The third-order valence-electron chi connectivity index (χ3n) is 3.45. The molecule has 0 unspecified atom stereocenters. The monoisotopic (exact) mass is 314 g/mol. The molecule has 1 N–H and O–H groups in total. The number of unbranched alkanes of at least 4 members (excludes halogenated alkanes) is 1. The van der Waals surface area contributed by atoms with E-state index in [1.165, 1.54) is 4.90 Å². The number of hydrogen-bond donors (Lipinski definition) is 1. The topological polar surface area (TPSA) is 67.9 Å². The van der Waals surface area contributed by atoms with Gasteiger partial charge < -0.3 is 14.8 Å². The summed E-state index contributed by atoms with van der Waals surface area (Å²) in [6.45, 7) is 9.55. The number of carbonyl (C=O) groups excluding carboxylic acids is 2. The average Bonchev–Trinajstić information content (AvgIpc) is 2.90. The van der Waals surface area contributed by atoms with E-state index in [-0.39, 0.29) is 18.1 Å². The Bertz CT molecular complexity index is 358. The maximum atomic E-state index is 12.2. The number of nitrogens with one attached hydrogen (secondary N) is 1. The van der Waals surface area contributed by atoms with Crippen LogP contribution in [0.1, 0.15) is 53.4 Å². The highest BCUT2D eigenvalue weighted by Gasteiger charge is 2.35. The molecule has 0 aliphatic carbocycles. The minimum absolute atomic E-state index is 0.0806. The number of ether oxygens (including phenoxy) is 2. The number of nitrogens with zero attached hydrogens (tertiary/aromatic N) is 1. The predicted octanol–water partition coefficient (Wildman–Crippen LogP) is 2.32. The summed E-state index contributed by atoms with van der Waals surface area (Å²) in [5.74, 6) is -0.0806. The Balaban J connectivity index is 2.27. The maximum Gasteiger partial charge on any atom is 0.410 e. The molecule has 1 aliphatic rings. The highest BCUT2D eigenvalue weighted by atomic mass is 16.6. The van der Waals surface area contributed by atoms with E-state index >= 15 is 0 Å². The molecule has 1 saturated heterocycles. The molecule has 0 spiro atoms. The molecule has 0 radical (unpaired) electrons. The van der Waals surface area contributed by atoms with Crippen LogP contribution in [0.25, 0.3) is 0 Å². The lowest BCUT2D eigenvalue weighted by Crippen LogP contribution is -2.46. The van der Waals surface area contributed by atoms with Crippen molar-refractivity contribution in [2.24, 2.45) is 0 Å². The van der Waals surface area contributed by atoms with Crippen molar-refractivity contribution in [1.82, 2.24) is 10.2 Å². The Morgan fingerprint density at radius 1 is 1.18 bits per heavy atom. The van der Waals surface area contributed by atoms with Gasteiger partial charge in [-0.1, -0.05) is 0 Å². The zero-order valence-electron chi connectivity index (χ0n) is 14.3. The second-order valence-corrected chi connectivity index (χ2v) is 6.20. The lowest BCUT2D eigenvalue weighted by molar-refractivity contribution is -0.125. The normalized spacial score (nSPS) is 18.1. The van der Waals surface area contributed by atoms with Gasteiger partial charge in [0, 0.05) is 19.7 Å². The van der Waals surface area contributed by atoms with Gasteiger partial charge in [-0.15, -0.1) is 0 Å². The number of likely N-dealkylation sites (tertiary alicyclic amines) is 1. The van der Waals surface area contributed by atoms with Gasteiger partial charge in [-0.25, -0.2) is 4.79 Å². The molecule has 6 heteroatoms. The van der Waals surface area contributed by atoms with Crippen molar-refractivity contribution in [3.63, 3.8) is 0 Å². The van der Waals surface area contributed by atoms with Crippen LogP contribution in [-0.2, 0) is 14.3 Å². The highest BCUT2D eigenvalue weighted by molar-refractivity contribution is 5.86. The number of rotatable bonds is 8. The third kappa shape index (κ3) is 6.64. The summed E-state index contributed by atoms with van der Waals surface area (Å²) >= 11 is 0. The first-order chi connectivity index (χ1) is 10.4. The molecule has 0 bridgehead atoms. The summed E-state index contributed by atoms with van der Waals surface area (Å²) in [6, 6.07) is -0.391. The summed E-state index contributed by atoms with van der Waals surface area (Å²) in [4.78, 5) is 25.7. The second-order valence-electron chi connectivity index (χ2n) is 6.20. The number of carbonyl (C=O) groups is 2. The van der Waals surface area contributed by atoms with Crippen molar-refractivity contribution >= 4 is 12.0 Å². The molecule has 0 aromatic carbocycles. The smallest absolute Gasteiger partial charge is 0.410 e. The van der Waals surface area contributed by atoms with Gasteiger partial charge in [-0.05, 0) is 53.4 Å². The third-order valence-corrected chi connectivity index (χ3v) is 3.45. The molecule has 0 aromatic heterocycles. The van der Waals surface area contributed by atoms with Gasteiger partial charge in [-0.3, -0.25) is 9.69 Å². The van der Waals surface area contributed by atoms with E-state index in [4.69, 9.17) is 9.47 Å². The Labute approximate surface area is 133 Å². The first kappa shape index (κ1) is 18.7. The summed E-state index contributed by atoms with van der Waals surface area (Å²) in [5.41, 5.74) is 0. The van der Waals surface area contributed by atoms with Crippen LogP contribution >= 0.6 is 0 Å². The lowest BCUT2D eigenvalue weighted by Gasteiger charge is -2.24. The maximum absolute atomic E-state index is 12.2. The van der Waals surface area contributed by atoms with Crippen LogP contribution in [0.3, 0.4) is 0 Å². The highest BCUT2D eigenvalue weighted by Crippen LogP contribution is 2.19. The Morgan fingerprint density at radius 2 is 1.91 bits per heavy atom. The van der Waals surface area contributed by atoms with E-state index in [0.717, 1.165) is 19.3 Å². The molecular weight excluding hydrogens is 284 g/mol. The van der Waals surface area contributed by atoms with Crippen LogP contribution < -0.4 is 5.32 Å². The van der Waals surface area contributed by atoms with Gasteiger partial charge in [0.25, 0.3) is 0 Å². The van der Waals surface area contributed by atoms with Crippen molar-refractivity contribution in [2.45, 2.75) is 71.6 Å². The summed E-state index contributed by atoms with van der Waals surface area (Å²) in [6.07, 6.45) is 3.02. The molecule has 1 aliphatic heterocycles. The fourth-order valence-electron chi connectivity index (χ4n) is 2.40. The van der Waals surface area contributed by atoms with E-state index < -0.39 is 12.1 Å². The van der Waals surface area contributed by atoms with Gasteiger partial charge in [0.2, 0.25) is 5.91 Å². The van der Waals surface area contributed by atoms with Crippen LogP contribution in [0.15, 0.2) is 0 Å². The first-order valence-electron chi connectivity index (χ1n) is 8.28. The zero-order chi connectivity index (χ0) is 16.5. The number of amides is 2.